The maximum atomic E-state index is 10.4. The maximum absolute atomic E-state index is 10.4. The Kier molecular flexibility index (Phi) is 5.40. The number of carboxylic acid groups (broad SMARTS) is 1. The van der Waals surface area contributed by atoms with Gasteiger partial charge in [-0.25, -0.2) is 4.79 Å². The van der Waals surface area contributed by atoms with E-state index >= 15 is 0 Å². The quantitative estimate of drug-likeness (QED) is 0.725. The number of carboxylic acids is 1. The van der Waals surface area contributed by atoms with Crippen molar-refractivity contribution in [2.45, 2.75) is 45.1 Å². The van der Waals surface area contributed by atoms with Gasteiger partial charge in [-0.2, -0.15) is 0 Å². The van der Waals surface area contributed by atoms with Crippen molar-refractivity contribution in [3.05, 3.63) is 12.2 Å². The highest BCUT2D eigenvalue weighted by Gasteiger charge is 2.17. The number of hydrogen-bond donors (Lipinski definition) is 1. The molecule has 0 aromatic heterocycles. The minimum Gasteiger partial charge on any atom is -0.478 e. The fourth-order valence-corrected chi connectivity index (χ4v) is 2.23. The molecular weight excluding hydrogens is 190 g/mol. The van der Waals surface area contributed by atoms with Crippen molar-refractivity contribution in [3.63, 3.8) is 0 Å². The molecule has 15 heavy (non-hydrogen) atoms. The van der Waals surface area contributed by atoms with Crippen molar-refractivity contribution < 1.29 is 9.90 Å². The van der Waals surface area contributed by atoms with E-state index in [4.69, 9.17) is 5.11 Å². The standard InChI is InChI=1S/C12H21NO2/c1-2-11-7-4-3-5-9-13(11)10-6-8-12(14)15/h6,8,11H,2-5,7,9-10H2,1H3,(H,14,15)/b8-6+. The Labute approximate surface area is 91.8 Å². The van der Waals surface area contributed by atoms with Crippen LogP contribution >= 0.6 is 0 Å². The van der Waals surface area contributed by atoms with Crippen LogP contribution in [-0.2, 0) is 4.79 Å². The summed E-state index contributed by atoms with van der Waals surface area (Å²) in [5.74, 6) is -0.849. The van der Waals surface area contributed by atoms with E-state index in [0.717, 1.165) is 13.1 Å². The summed E-state index contributed by atoms with van der Waals surface area (Å²) in [6.07, 6.45) is 9.32. The molecule has 1 atom stereocenters. The highest BCUT2D eigenvalue weighted by Crippen LogP contribution is 2.18. The predicted molar refractivity (Wildman–Crippen MR) is 60.9 cm³/mol. The van der Waals surface area contributed by atoms with Gasteiger partial charge in [0.2, 0.25) is 0 Å². The molecule has 1 unspecified atom stereocenters. The zero-order valence-corrected chi connectivity index (χ0v) is 9.48. The van der Waals surface area contributed by atoms with Crippen LogP contribution in [0.5, 0.6) is 0 Å². The average Bonchev–Trinajstić information content (AvgIpc) is 2.42. The van der Waals surface area contributed by atoms with Crippen LogP contribution in [-0.4, -0.2) is 35.1 Å². The van der Waals surface area contributed by atoms with Crippen molar-refractivity contribution in [1.82, 2.24) is 4.90 Å². The van der Waals surface area contributed by atoms with E-state index in [-0.39, 0.29) is 0 Å². The molecule has 1 saturated heterocycles. The van der Waals surface area contributed by atoms with Gasteiger partial charge in [0, 0.05) is 18.7 Å². The van der Waals surface area contributed by atoms with E-state index in [1.807, 2.05) is 0 Å². The molecular formula is C12H21NO2. The molecule has 0 spiro atoms. The van der Waals surface area contributed by atoms with Crippen LogP contribution in [0.4, 0.5) is 0 Å². The lowest BCUT2D eigenvalue weighted by Gasteiger charge is -2.27. The van der Waals surface area contributed by atoms with Gasteiger partial charge in [0.25, 0.3) is 0 Å². The molecule has 3 nitrogen and oxygen atoms in total. The Morgan fingerprint density at radius 2 is 2.27 bits per heavy atom. The Bertz CT molecular complexity index is 226. The molecule has 0 aromatic carbocycles. The van der Waals surface area contributed by atoms with Crippen molar-refractivity contribution in [2.24, 2.45) is 0 Å². The first-order chi connectivity index (χ1) is 7.24. The summed E-state index contributed by atoms with van der Waals surface area (Å²) >= 11 is 0. The van der Waals surface area contributed by atoms with Crippen LogP contribution in [0.25, 0.3) is 0 Å². The van der Waals surface area contributed by atoms with Crippen LogP contribution in [0.3, 0.4) is 0 Å². The first-order valence-corrected chi connectivity index (χ1v) is 5.87. The SMILES string of the molecule is CCC1CCCCCN1C/C=C/C(=O)O. The summed E-state index contributed by atoms with van der Waals surface area (Å²) in [5, 5.41) is 8.52. The molecule has 1 heterocycles. The van der Waals surface area contributed by atoms with Gasteiger partial charge in [0.05, 0.1) is 0 Å². The van der Waals surface area contributed by atoms with Crippen molar-refractivity contribution in [3.8, 4) is 0 Å². The maximum Gasteiger partial charge on any atom is 0.328 e. The second-order valence-corrected chi connectivity index (χ2v) is 4.15. The fourth-order valence-electron chi connectivity index (χ4n) is 2.23. The Morgan fingerprint density at radius 3 is 2.93 bits per heavy atom. The van der Waals surface area contributed by atoms with Crippen LogP contribution in [0.15, 0.2) is 12.2 Å². The first-order valence-electron chi connectivity index (χ1n) is 5.87. The topological polar surface area (TPSA) is 40.5 Å². The molecule has 0 saturated carbocycles. The molecule has 0 bridgehead atoms. The Morgan fingerprint density at radius 1 is 1.47 bits per heavy atom. The van der Waals surface area contributed by atoms with Gasteiger partial charge >= 0.3 is 5.97 Å². The smallest absolute Gasteiger partial charge is 0.328 e. The molecule has 0 aromatic rings. The van der Waals surface area contributed by atoms with E-state index in [2.05, 4.69) is 11.8 Å². The minimum absolute atomic E-state index is 0.644. The number of hydrogen-bond acceptors (Lipinski definition) is 2. The molecule has 1 aliphatic heterocycles. The number of nitrogens with zero attached hydrogens (tertiary/aromatic N) is 1. The largest absolute Gasteiger partial charge is 0.478 e. The highest BCUT2D eigenvalue weighted by molar-refractivity contribution is 5.79. The van der Waals surface area contributed by atoms with E-state index in [1.165, 1.54) is 38.2 Å². The van der Waals surface area contributed by atoms with Gasteiger partial charge in [0.15, 0.2) is 0 Å². The zero-order valence-electron chi connectivity index (χ0n) is 9.48. The second kappa shape index (κ2) is 6.62. The van der Waals surface area contributed by atoms with Crippen LogP contribution in [0, 0.1) is 0 Å². The molecule has 1 fully saturated rings. The number of aliphatic carboxylic acids is 1. The summed E-state index contributed by atoms with van der Waals surface area (Å²) < 4.78 is 0. The van der Waals surface area contributed by atoms with Gasteiger partial charge in [-0.05, 0) is 25.8 Å². The molecule has 1 N–H and O–H groups in total. The Hall–Kier alpha value is -0.830. The third-order valence-corrected chi connectivity index (χ3v) is 3.07. The minimum atomic E-state index is -0.849. The van der Waals surface area contributed by atoms with Crippen LogP contribution in [0.1, 0.15) is 39.0 Å². The number of rotatable bonds is 4. The van der Waals surface area contributed by atoms with Gasteiger partial charge in [-0.3, -0.25) is 4.90 Å². The van der Waals surface area contributed by atoms with Crippen molar-refractivity contribution >= 4 is 5.97 Å². The van der Waals surface area contributed by atoms with Crippen molar-refractivity contribution in [2.75, 3.05) is 13.1 Å². The van der Waals surface area contributed by atoms with Crippen molar-refractivity contribution in [1.29, 1.82) is 0 Å². The lowest BCUT2D eigenvalue weighted by molar-refractivity contribution is -0.131. The zero-order chi connectivity index (χ0) is 11.1. The normalized spacial score (nSPS) is 24.2. The van der Waals surface area contributed by atoms with Crippen LogP contribution < -0.4 is 0 Å². The van der Waals surface area contributed by atoms with E-state index in [1.54, 1.807) is 6.08 Å². The molecule has 86 valence electrons. The van der Waals surface area contributed by atoms with Gasteiger partial charge in [-0.1, -0.05) is 25.8 Å². The second-order valence-electron chi connectivity index (χ2n) is 4.15. The van der Waals surface area contributed by atoms with Gasteiger partial charge in [-0.15, -0.1) is 0 Å². The van der Waals surface area contributed by atoms with E-state index < -0.39 is 5.97 Å². The van der Waals surface area contributed by atoms with Crippen LogP contribution in [0.2, 0.25) is 0 Å². The Balaban J connectivity index is 2.44. The predicted octanol–water partition coefficient (Wildman–Crippen LogP) is 2.28. The fraction of sp³-hybridized carbons (Fsp3) is 0.750. The van der Waals surface area contributed by atoms with Gasteiger partial charge < -0.3 is 5.11 Å². The molecule has 1 rings (SSSR count). The molecule has 0 amide bonds. The third-order valence-electron chi connectivity index (χ3n) is 3.07. The number of carbonyl (C=O) groups is 1. The highest BCUT2D eigenvalue weighted by atomic mass is 16.4. The summed E-state index contributed by atoms with van der Waals surface area (Å²) in [6.45, 7) is 4.11. The molecule has 3 heteroatoms. The van der Waals surface area contributed by atoms with Gasteiger partial charge in [0.1, 0.15) is 0 Å². The molecule has 0 aliphatic carbocycles. The van der Waals surface area contributed by atoms with E-state index in [9.17, 15) is 4.79 Å². The lowest BCUT2D eigenvalue weighted by atomic mass is 10.1. The summed E-state index contributed by atoms with van der Waals surface area (Å²) in [4.78, 5) is 12.8. The summed E-state index contributed by atoms with van der Waals surface area (Å²) in [5.41, 5.74) is 0. The molecule has 0 radical (unpaired) electrons. The third kappa shape index (κ3) is 4.47. The monoisotopic (exact) mass is 211 g/mol. The molecule has 1 aliphatic rings. The first kappa shape index (κ1) is 12.2. The summed E-state index contributed by atoms with van der Waals surface area (Å²) in [7, 11) is 0. The average molecular weight is 211 g/mol. The lowest BCUT2D eigenvalue weighted by Crippen LogP contribution is -2.34. The van der Waals surface area contributed by atoms with E-state index in [0.29, 0.717) is 6.04 Å². The number of likely N-dealkylation sites (tertiary alicyclic amines) is 1. The summed E-state index contributed by atoms with van der Waals surface area (Å²) in [6, 6.07) is 0.644.